The van der Waals surface area contributed by atoms with Gasteiger partial charge in [0.2, 0.25) is 0 Å². The van der Waals surface area contributed by atoms with Crippen LogP contribution in [0.25, 0.3) is 0 Å². The van der Waals surface area contributed by atoms with Crippen LogP contribution in [0.4, 0.5) is 25.0 Å². The van der Waals surface area contributed by atoms with Crippen molar-refractivity contribution in [3.63, 3.8) is 0 Å². The molecule has 0 saturated carbocycles. The minimum Gasteiger partial charge on any atom is -0.442 e. The van der Waals surface area contributed by atoms with Crippen molar-refractivity contribution < 1.29 is 18.3 Å². The molecule has 1 aromatic carbocycles. The number of carbonyl (C=O) groups is 1. The van der Waals surface area contributed by atoms with Gasteiger partial charge in [0.05, 0.1) is 42.3 Å². The van der Waals surface area contributed by atoms with Gasteiger partial charge in [-0.25, -0.2) is 13.6 Å². The molecule has 162 valence electrons. The van der Waals surface area contributed by atoms with E-state index in [0.717, 1.165) is 12.1 Å². The quantitative estimate of drug-likeness (QED) is 0.662. The molecule has 2 atom stereocenters. The highest BCUT2D eigenvalue weighted by atomic mass is 32.1. The van der Waals surface area contributed by atoms with Gasteiger partial charge >= 0.3 is 6.09 Å². The number of thiocarbonyl (C=S) groups is 1. The van der Waals surface area contributed by atoms with E-state index in [1.807, 2.05) is 13.8 Å². The zero-order valence-electron chi connectivity index (χ0n) is 17.0. The molecule has 10 heteroatoms. The highest BCUT2D eigenvalue weighted by Crippen LogP contribution is 2.32. The lowest BCUT2D eigenvalue weighted by Crippen LogP contribution is -2.52. The van der Waals surface area contributed by atoms with Gasteiger partial charge in [0.25, 0.3) is 0 Å². The molecule has 1 aromatic rings. The first-order chi connectivity index (χ1) is 14.3. The molecule has 1 amide bonds. The minimum absolute atomic E-state index is 0.0969. The number of benzene rings is 1. The molecule has 0 aromatic heterocycles. The molecule has 2 fully saturated rings. The second kappa shape index (κ2) is 9.53. The van der Waals surface area contributed by atoms with Gasteiger partial charge < -0.3 is 20.3 Å². The van der Waals surface area contributed by atoms with Crippen LogP contribution in [-0.2, 0) is 4.74 Å². The number of nitrogens with one attached hydrogen (secondary N) is 2. The van der Waals surface area contributed by atoms with Crippen molar-refractivity contribution in [1.82, 2.24) is 10.6 Å². The average Bonchev–Trinajstić information content (AvgIpc) is 3.07. The van der Waals surface area contributed by atoms with E-state index in [-0.39, 0.29) is 36.3 Å². The second-order valence-electron chi connectivity index (χ2n) is 7.69. The molecule has 30 heavy (non-hydrogen) atoms. The lowest BCUT2D eigenvalue weighted by molar-refractivity contribution is 0.143. The van der Waals surface area contributed by atoms with E-state index in [4.69, 9.17) is 22.2 Å². The summed E-state index contributed by atoms with van der Waals surface area (Å²) in [6, 6.07) is 4.01. The van der Waals surface area contributed by atoms with Crippen LogP contribution in [0.2, 0.25) is 0 Å². The predicted octanol–water partition coefficient (Wildman–Crippen LogP) is 2.55. The fraction of sp³-hybridized carbons (Fsp3) is 0.550. The van der Waals surface area contributed by atoms with Crippen LogP contribution in [0.15, 0.2) is 12.1 Å². The van der Waals surface area contributed by atoms with Crippen LogP contribution in [0.3, 0.4) is 0 Å². The molecule has 3 rings (SSSR count). The van der Waals surface area contributed by atoms with Gasteiger partial charge in [0.15, 0.2) is 11.6 Å². The van der Waals surface area contributed by atoms with Gasteiger partial charge in [-0.1, -0.05) is 26.1 Å². The molecule has 2 heterocycles. The molecule has 0 radical (unpaired) electrons. The van der Waals surface area contributed by atoms with E-state index in [1.54, 1.807) is 4.90 Å². The van der Waals surface area contributed by atoms with E-state index in [1.165, 1.54) is 4.90 Å². The number of amides is 1. The maximum absolute atomic E-state index is 14.9. The Kier molecular flexibility index (Phi) is 7.05. The summed E-state index contributed by atoms with van der Waals surface area (Å²) in [5.41, 5.74) is -0.0757. The van der Waals surface area contributed by atoms with Crippen molar-refractivity contribution in [3.05, 3.63) is 23.8 Å². The molecule has 0 aliphatic carbocycles. The monoisotopic (exact) mass is 437 g/mol. The molecule has 2 N–H and O–H groups in total. The summed E-state index contributed by atoms with van der Waals surface area (Å²) in [4.78, 5) is 15.7. The fourth-order valence-electron chi connectivity index (χ4n) is 3.58. The van der Waals surface area contributed by atoms with Gasteiger partial charge in [-0.3, -0.25) is 4.90 Å². The highest BCUT2D eigenvalue weighted by Gasteiger charge is 2.34. The smallest absolute Gasteiger partial charge is 0.414 e. The van der Waals surface area contributed by atoms with Crippen molar-refractivity contribution in [2.75, 3.05) is 42.5 Å². The van der Waals surface area contributed by atoms with Crippen LogP contribution in [-0.4, -0.2) is 56.0 Å². The topological polar surface area (TPSA) is 80.6 Å². The first-order valence-corrected chi connectivity index (χ1v) is 10.3. The van der Waals surface area contributed by atoms with Gasteiger partial charge in [0, 0.05) is 37.7 Å². The number of halogens is 2. The van der Waals surface area contributed by atoms with Crippen LogP contribution in [0.1, 0.15) is 20.3 Å². The number of ether oxygens (including phenoxy) is 1. The molecular formula is C20H25F2N5O2S. The molecule has 2 aliphatic heterocycles. The van der Waals surface area contributed by atoms with Crippen LogP contribution in [0.5, 0.6) is 0 Å². The van der Waals surface area contributed by atoms with E-state index < -0.39 is 23.8 Å². The number of hydrogen-bond donors (Lipinski definition) is 2. The number of piperazine rings is 1. The summed E-state index contributed by atoms with van der Waals surface area (Å²) < 4.78 is 35.2. The van der Waals surface area contributed by atoms with Crippen molar-refractivity contribution >= 4 is 34.7 Å². The molecule has 0 bridgehead atoms. The Hall–Kier alpha value is -2.51. The van der Waals surface area contributed by atoms with Gasteiger partial charge in [-0.05, 0) is 0 Å². The molecule has 2 saturated heterocycles. The van der Waals surface area contributed by atoms with Gasteiger partial charge in [-0.15, -0.1) is 0 Å². The maximum atomic E-state index is 14.9. The maximum Gasteiger partial charge on any atom is 0.414 e. The number of cyclic esters (lactones) is 1. The van der Waals surface area contributed by atoms with Crippen molar-refractivity contribution in [2.24, 2.45) is 5.92 Å². The largest absolute Gasteiger partial charge is 0.442 e. The summed E-state index contributed by atoms with van der Waals surface area (Å²) in [6.45, 7) is 5.82. The number of nitriles is 1. The van der Waals surface area contributed by atoms with Crippen LogP contribution in [0, 0.1) is 28.9 Å². The third kappa shape index (κ3) is 4.79. The van der Waals surface area contributed by atoms with Gasteiger partial charge in [-0.2, -0.15) is 5.26 Å². The van der Waals surface area contributed by atoms with E-state index in [2.05, 4.69) is 16.7 Å². The Morgan fingerprint density at radius 3 is 2.77 bits per heavy atom. The lowest BCUT2D eigenvalue weighted by Gasteiger charge is -2.37. The zero-order valence-corrected chi connectivity index (χ0v) is 17.8. The molecular weight excluding hydrogens is 412 g/mol. The number of rotatable bonds is 6. The number of anilines is 2. The molecule has 7 nitrogen and oxygen atoms in total. The lowest BCUT2D eigenvalue weighted by atomic mass is 10.1. The van der Waals surface area contributed by atoms with Crippen LogP contribution >= 0.6 is 12.2 Å². The molecule has 0 spiro atoms. The zero-order chi connectivity index (χ0) is 21.8. The van der Waals surface area contributed by atoms with Crippen molar-refractivity contribution in [2.45, 2.75) is 32.4 Å². The Bertz CT molecular complexity index is 837. The third-order valence-electron chi connectivity index (χ3n) is 5.18. The average molecular weight is 438 g/mol. The van der Waals surface area contributed by atoms with Crippen molar-refractivity contribution in [1.29, 1.82) is 5.26 Å². The number of hydrogen-bond acceptors (Lipinski definition) is 6. The first kappa shape index (κ1) is 22.2. The minimum atomic E-state index is -0.773. The Morgan fingerprint density at radius 2 is 2.13 bits per heavy atom. The Balaban J connectivity index is 1.76. The van der Waals surface area contributed by atoms with Crippen molar-refractivity contribution in [3.8, 4) is 6.07 Å². The highest BCUT2D eigenvalue weighted by molar-refractivity contribution is 7.80. The Morgan fingerprint density at radius 1 is 1.43 bits per heavy atom. The van der Waals surface area contributed by atoms with E-state index >= 15 is 0 Å². The summed E-state index contributed by atoms with van der Waals surface area (Å²) in [5, 5.41) is 15.2. The standard InChI is InChI=1S/C20H25F2N5O2S/c1-12(2)19(30)25-10-15-11-27(20(28)29-15)14-7-16(21)18(17(22)8-14)26-6-5-24-9-13(26)3-4-23/h7-8,12-13,15,24H,3,5-6,9-11H2,1-2H3,(H,25,30)/t13?,15-/m0/s1. The first-order valence-electron chi connectivity index (χ1n) is 9.91. The third-order valence-corrected chi connectivity index (χ3v) is 5.80. The van der Waals surface area contributed by atoms with Gasteiger partial charge in [0.1, 0.15) is 11.8 Å². The summed E-state index contributed by atoms with van der Waals surface area (Å²) in [6.07, 6.45) is -0.986. The summed E-state index contributed by atoms with van der Waals surface area (Å²) in [5.74, 6) is -1.38. The summed E-state index contributed by atoms with van der Waals surface area (Å²) in [7, 11) is 0. The molecule has 1 unspecified atom stereocenters. The fourth-order valence-corrected chi connectivity index (χ4v) is 3.67. The SMILES string of the molecule is CC(C)C(=S)NC[C@H]1CN(c2cc(F)c(N3CCNCC3CC#N)c(F)c2)C(=O)O1. The van der Waals surface area contributed by atoms with Crippen LogP contribution < -0.4 is 20.4 Å². The number of nitrogens with zero attached hydrogens (tertiary/aromatic N) is 3. The van der Waals surface area contributed by atoms with E-state index in [0.29, 0.717) is 31.2 Å². The Labute approximate surface area is 180 Å². The molecule has 2 aliphatic rings. The normalized spacial score (nSPS) is 21.5. The summed E-state index contributed by atoms with van der Waals surface area (Å²) >= 11 is 5.21. The second-order valence-corrected chi connectivity index (χ2v) is 8.13. The number of carbonyl (C=O) groups excluding carboxylic acids is 1. The van der Waals surface area contributed by atoms with E-state index in [9.17, 15) is 13.6 Å². The predicted molar refractivity (Wildman–Crippen MR) is 114 cm³/mol.